The smallest absolute Gasteiger partial charge is 0.432 e. The average molecular weight is 233 g/mol. The van der Waals surface area contributed by atoms with Gasteiger partial charge < -0.3 is 4.74 Å². The number of ether oxygens (including phenoxy) is 1. The van der Waals surface area contributed by atoms with Crippen molar-refractivity contribution in [3.05, 3.63) is 35.9 Å². The lowest BCUT2D eigenvalue weighted by Crippen LogP contribution is -2.32. The SMILES string of the molecule is COC(=O)N=CC(C)(C(C)=O)c1ccccc1. The van der Waals surface area contributed by atoms with Gasteiger partial charge in [-0.25, -0.2) is 4.79 Å². The summed E-state index contributed by atoms with van der Waals surface area (Å²) in [5.74, 6) is -0.0867. The molecule has 1 aromatic rings. The van der Waals surface area contributed by atoms with E-state index in [1.165, 1.54) is 20.2 Å². The van der Waals surface area contributed by atoms with Gasteiger partial charge in [-0.3, -0.25) is 4.79 Å². The zero-order valence-electron chi connectivity index (χ0n) is 10.1. The van der Waals surface area contributed by atoms with E-state index in [0.29, 0.717) is 0 Å². The lowest BCUT2D eigenvalue weighted by Gasteiger charge is -2.21. The molecule has 0 aliphatic carbocycles. The van der Waals surface area contributed by atoms with Crippen LogP contribution in [-0.4, -0.2) is 25.2 Å². The molecule has 4 heteroatoms. The molecule has 0 saturated heterocycles. The summed E-state index contributed by atoms with van der Waals surface area (Å²) in [5, 5.41) is 0. The van der Waals surface area contributed by atoms with Crippen molar-refractivity contribution in [2.75, 3.05) is 7.11 Å². The normalized spacial score (nSPS) is 14.3. The largest absolute Gasteiger partial charge is 0.451 e. The van der Waals surface area contributed by atoms with E-state index in [4.69, 9.17) is 0 Å². The molecule has 0 N–H and O–H groups in total. The Balaban J connectivity index is 3.11. The number of rotatable bonds is 3. The zero-order valence-corrected chi connectivity index (χ0v) is 10.1. The minimum absolute atomic E-state index is 0.0867. The lowest BCUT2D eigenvalue weighted by atomic mass is 9.80. The summed E-state index contributed by atoms with van der Waals surface area (Å²) in [5.41, 5.74) is -0.115. The van der Waals surface area contributed by atoms with E-state index in [1.807, 2.05) is 30.3 Å². The highest BCUT2D eigenvalue weighted by molar-refractivity contribution is 6.06. The molecule has 1 aromatic carbocycles. The number of hydrogen-bond donors (Lipinski definition) is 0. The van der Waals surface area contributed by atoms with Gasteiger partial charge in [0, 0.05) is 6.21 Å². The van der Waals surface area contributed by atoms with Gasteiger partial charge in [-0.05, 0) is 19.4 Å². The average Bonchev–Trinajstić information content (AvgIpc) is 2.36. The first-order valence-corrected chi connectivity index (χ1v) is 5.20. The summed E-state index contributed by atoms with van der Waals surface area (Å²) in [6.07, 6.45) is 0.615. The van der Waals surface area contributed by atoms with E-state index in [0.717, 1.165) is 5.56 Å². The highest BCUT2D eigenvalue weighted by atomic mass is 16.5. The molecule has 0 aromatic heterocycles. The number of benzene rings is 1. The predicted octanol–water partition coefficient (Wildman–Crippen LogP) is 2.37. The third-order valence-electron chi connectivity index (χ3n) is 2.71. The van der Waals surface area contributed by atoms with Crippen molar-refractivity contribution in [3.8, 4) is 0 Å². The van der Waals surface area contributed by atoms with Gasteiger partial charge in [-0.2, -0.15) is 4.99 Å². The van der Waals surface area contributed by atoms with Crippen LogP contribution in [0.3, 0.4) is 0 Å². The van der Waals surface area contributed by atoms with Crippen molar-refractivity contribution in [1.82, 2.24) is 0 Å². The number of amides is 1. The Kier molecular flexibility index (Phi) is 4.15. The van der Waals surface area contributed by atoms with Crippen LogP contribution in [0.15, 0.2) is 35.3 Å². The Morgan fingerprint density at radius 3 is 2.35 bits per heavy atom. The number of methoxy groups -OCH3 is 1. The quantitative estimate of drug-likeness (QED) is 0.753. The fraction of sp³-hybridized carbons (Fsp3) is 0.308. The standard InChI is InChI=1S/C13H15NO3/c1-10(15)13(2,9-14-12(16)17-3)11-7-5-4-6-8-11/h4-9H,1-3H3. The number of hydrogen-bond acceptors (Lipinski definition) is 3. The van der Waals surface area contributed by atoms with Crippen molar-refractivity contribution in [2.24, 2.45) is 4.99 Å². The fourth-order valence-corrected chi connectivity index (χ4v) is 1.39. The summed E-state index contributed by atoms with van der Waals surface area (Å²) in [6, 6.07) is 9.18. The molecule has 1 rings (SSSR count). The molecule has 1 unspecified atom stereocenters. The van der Waals surface area contributed by atoms with Crippen molar-refractivity contribution in [1.29, 1.82) is 0 Å². The highest BCUT2D eigenvalue weighted by Crippen LogP contribution is 2.22. The highest BCUT2D eigenvalue weighted by Gasteiger charge is 2.30. The summed E-state index contributed by atoms with van der Waals surface area (Å²) in [7, 11) is 1.24. The number of carbonyl (C=O) groups excluding carboxylic acids is 2. The molecular formula is C13H15NO3. The first-order chi connectivity index (χ1) is 8.00. The van der Waals surface area contributed by atoms with Crippen LogP contribution in [0.4, 0.5) is 4.79 Å². The molecular weight excluding hydrogens is 218 g/mol. The second kappa shape index (κ2) is 5.39. The third kappa shape index (κ3) is 3.00. The van der Waals surface area contributed by atoms with Gasteiger partial charge in [0.05, 0.1) is 12.5 Å². The second-order valence-corrected chi connectivity index (χ2v) is 3.85. The maximum atomic E-state index is 11.7. The molecule has 0 aliphatic heterocycles. The van der Waals surface area contributed by atoms with Gasteiger partial charge in [0.25, 0.3) is 0 Å². The predicted molar refractivity (Wildman–Crippen MR) is 65.4 cm³/mol. The fourth-order valence-electron chi connectivity index (χ4n) is 1.39. The van der Waals surface area contributed by atoms with E-state index < -0.39 is 11.5 Å². The van der Waals surface area contributed by atoms with E-state index in [1.54, 1.807) is 6.92 Å². The summed E-state index contributed by atoms with van der Waals surface area (Å²) in [6.45, 7) is 3.19. The van der Waals surface area contributed by atoms with Crippen LogP contribution < -0.4 is 0 Å². The van der Waals surface area contributed by atoms with Crippen LogP contribution >= 0.6 is 0 Å². The van der Waals surface area contributed by atoms with Crippen LogP contribution in [0.5, 0.6) is 0 Å². The Hall–Kier alpha value is -1.97. The molecule has 0 saturated carbocycles. The molecule has 0 fully saturated rings. The number of nitrogens with zero attached hydrogens (tertiary/aromatic N) is 1. The van der Waals surface area contributed by atoms with Crippen molar-refractivity contribution >= 4 is 18.1 Å². The molecule has 0 bridgehead atoms. The third-order valence-corrected chi connectivity index (χ3v) is 2.71. The summed E-state index contributed by atoms with van der Waals surface area (Å²) < 4.78 is 4.41. The minimum Gasteiger partial charge on any atom is -0.451 e. The Labute approximate surface area is 100 Å². The first-order valence-electron chi connectivity index (χ1n) is 5.20. The van der Waals surface area contributed by atoms with Gasteiger partial charge in [-0.15, -0.1) is 0 Å². The van der Waals surface area contributed by atoms with Crippen LogP contribution in [0.25, 0.3) is 0 Å². The summed E-state index contributed by atoms with van der Waals surface area (Å²) >= 11 is 0. The lowest BCUT2D eigenvalue weighted by molar-refractivity contribution is -0.119. The molecule has 1 atom stereocenters. The number of carbonyl (C=O) groups is 2. The number of ketones is 1. The van der Waals surface area contributed by atoms with E-state index in [-0.39, 0.29) is 5.78 Å². The van der Waals surface area contributed by atoms with Crippen molar-refractivity contribution in [3.63, 3.8) is 0 Å². The topological polar surface area (TPSA) is 55.7 Å². The van der Waals surface area contributed by atoms with E-state index in [9.17, 15) is 9.59 Å². The van der Waals surface area contributed by atoms with Gasteiger partial charge in [-0.1, -0.05) is 30.3 Å². The van der Waals surface area contributed by atoms with Crippen LogP contribution in [0, 0.1) is 0 Å². The minimum atomic E-state index is -0.907. The molecule has 0 aliphatic rings. The molecule has 1 amide bonds. The zero-order chi connectivity index (χ0) is 12.9. The molecule has 0 heterocycles. The van der Waals surface area contributed by atoms with Crippen molar-refractivity contribution < 1.29 is 14.3 Å². The van der Waals surface area contributed by atoms with E-state index >= 15 is 0 Å². The monoisotopic (exact) mass is 233 g/mol. The van der Waals surface area contributed by atoms with Gasteiger partial charge in [0.15, 0.2) is 0 Å². The number of Topliss-reactive ketones (excluding diaryl/α,β-unsaturated/α-hetero) is 1. The van der Waals surface area contributed by atoms with Crippen molar-refractivity contribution in [2.45, 2.75) is 19.3 Å². The summed E-state index contributed by atoms with van der Waals surface area (Å²) in [4.78, 5) is 26.3. The first kappa shape index (κ1) is 13.1. The molecule has 90 valence electrons. The second-order valence-electron chi connectivity index (χ2n) is 3.85. The Bertz CT molecular complexity index is 439. The molecule has 4 nitrogen and oxygen atoms in total. The van der Waals surface area contributed by atoms with Gasteiger partial charge >= 0.3 is 6.09 Å². The maximum absolute atomic E-state index is 11.7. The number of aliphatic imine (C=N–C) groups is 1. The van der Waals surface area contributed by atoms with Gasteiger partial charge in [0.2, 0.25) is 0 Å². The van der Waals surface area contributed by atoms with Crippen LogP contribution in [0.1, 0.15) is 19.4 Å². The van der Waals surface area contributed by atoms with Crippen LogP contribution in [0.2, 0.25) is 0 Å². The van der Waals surface area contributed by atoms with E-state index in [2.05, 4.69) is 9.73 Å². The van der Waals surface area contributed by atoms with Gasteiger partial charge in [0.1, 0.15) is 5.78 Å². The Morgan fingerprint density at radius 2 is 1.88 bits per heavy atom. The maximum Gasteiger partial charge on any atom is 0.432 e. The Morgan fingerprint density at radius 1 is 1.29 bits per heavy atom. The molecule has 0 spiro atoms. The van der Waals surface area contributed by atoms with Crippen LogP contribution in [-0.2, 0) is 14.9 Å². The molecule has 0 radical (unpaired) electrons. The molecule has 17 heavy (non-hydrogen) atoms.